The molecular formula is C14H21O5P. The van der Waals surface area contributed by atoms with Gasteiger partial charge in [0.05, 0.1) is 26.9 Å². The third-order valence-electron chi connectivity index (χ3n) is 2.31. The smallest absolute Gasteiger partial charge is 0.475 e. The zero-order valence-electron chi connectivity index (χ0n) is 12.1. The summed E-state index contributed by atoms with van der Waals surface area (Å²) in [5.74, 6) is 0.780. The number of phosphoric acid groups is 1. The van der Waals surface area contributed by atoms with Gasteiger partial charge in [-0.3, -0.25) is 13.6 Å². The highest BCUT2D eigenvalue weighted by Gasteiger charge is 2.24. The van der Waals surface area contributed by atoms with Gasteiger partial charge in [-0.2, -0.15) is 0 Å². The minimum Gasteiger partial charge on any atom is -0.497 e. The summed E-state index contributed by atoms with van der Waals surface area (Å²) in [6.07, 6.45) is 3.60. The van der Waals surface area contributed by atoms with E-state index in [-0.39, 0.29) is 19.8 Å². The maximum atomic E-state index is 12.0. The third-order valence-corrected chi connectivity index (χ3v) is 3.92. The van der Waals surface area contributed by atoms with Crippen LogP contribution in [0.15, 0.2) is 30.3 Å². The summed E-state index contributed by atoms with van der Waals surface area (Å²) >= 11 is 0. The number of hydrogen-bond acceptors (Lipinski definition) is 5. The van der Waals surface area contributed by atoms with Crippen molar-refractivity contribution in [1.82, 2.24) is 0 Å². The van der Waals surface area contributed by atoms with Gasteiger partial charge in [-0.05, 0) is 31.5 Å². The Hall–Kier alpha value is -1.13. The monoisotopic (exact) mass is 300 g/mol. The Bertz CT molecular complexity index is 462. The molecule has 0 heterocycles. The molecule has 0 amide bonds. The van der Waals surface area contributed by atoms with Crippen LogP contribution < -0.4 is 4.74 Å². The number of rotatable bonds is 9. The minimum absolute atomic E-state index is 0.147. The van der Waals surface area contributed by atoms with Gasteiger partial charge in [0, 0.05) is 0 Å². The molecule has 0 saturated heterocycles. The zero-order chi connectivity index (χ0) is 14.8. The Morgan fingerprint density at radius 3 is 2.45 bits per heavy atom. The summed E-state index contributed by atoms with van der Waals surface area (Å²) in [4.78, 5) is 0. The number of methoxy groups -OCH3 is 1. The number of ether oxygens (including phenoxy) is 1. The lowest BCUT2D eigenvalue weighted by Gasteiger charge is -2.15. The van der Waals surface area contributed by atoms with Crippen LogP contribution in [0.4, 0.5) is 0 Å². The lowest BCUT2D eigenvalue weighted by molar-refractivity contribution is 0.131. The average Bonchev–Trinajstić information content (AvgIpc) is 2.44. The topological polar surface area (TPSA) is 54.0 Å². The molecule has 0 atom stereocenters. The van der Waals surface area contributed by atoms with Gasteiger partial charge in [0.15, 0.2) is 0 Å². The van der Waals surface area contributed by atoms with E-state index in [4.69, 9.17) is 18.3 Å². The number of phosphoric ester groups is 1. The first kappa shape index (κ1) is 16.9. The van der Waals surface area contributed by atoms with E-state index in [0.717, 1.165) is 11.3 Å². The highest BCUT2D eigenvalue weighted by molar-refractivity contribution is 7.48. The van der Waals surface area contributed by atoms with E-state index >= 15 is 0 Å². The van der Waals surface area contributed by atoms with E-state index < -0.39 is 7.82 Å². The molecular weight excluding hydrogens is 279 g/mol. The van der Waals surface area contributed by atoms with Crippen molar-refractivity contribution in [2.75, 3.05) is 26.9 Å². The van der Waals surface area contributed by atoms with Crippen molar-refractivity contribution < 1.29 is 22.9 Å². The van der Waals surface area contributed by atoms with Crippen LogP contribution in [0, 0.1) is 0 Å². The molecule has 0 N–H and O–H groups in total. The molecule has 0 spiro atoms. The van der Waals surface area contributed by atoms with Gasteiger partial charge in [-0.1, -0.05) is 24.3 Å². The molecule has 112 valence electrons. The number of benzene rings is 1. The summed E-state index contributed by atoms with van der Waals surface area (Å²) in [6, 6.07) is 7.59. The van der Waals surface area contributed by atoms with Crippen LogP contribution in [0.3, 0.4) is 0 Å². The molecule has 1 aromatic carbocycles. The molecule has 0 aliphatic carbocycles. The van der Waals surface area contributed by atoms with Gasteiger partial charge in [0.25, 0.3) is 0 Å². The van der Waals surface area contributed by atoms with E-state index in [1.165, 1.54) is 0 Å². The fraction of sp³-hybridized carbons (Fsp3) is 0.429. The minimum atomic E-state index is -3.43. The first-order valence-electron chi connectivity index (χ1n) is 6.47. The van der Waals surface area contributed by atoms with Crippen LogP contribution in [0.5, 0.6) is 5.75 Å². The highest BCUT2D eigenvalue weighted by atomic mass is 31.2. The molecule has 0 bridgehead atoms. The van der Waals surface area contributed by atoms with Gasteiger partial charge < -0.3 is 4.74 Å². The van der Waals surface area contributed by atoms with Gasteiger partial charge in [0.1, 0.15) is 5.75 Å². The average molecular weight is 300 g/mol. The van der Waals surface area contributed by atoms with Crippen LogP contribution in [-0.2, 0) is 18.1 Å². The van der Waals surface area contributed by atoms with Gasteiger partial charge in [-0.25, -0.2) is 4.57 Å². The molecule has 0 aliphatic heterocycles. The second-order valence-electron chi connectivity index (χ2n) is 3.76. The maximum Gasteiger partial charge on any atom is 0.475 e. The van der Waals surface area contributed by atoms with Crippen LogP contribution in [0.1, 0.15) is 19.4 Å². The summed E-state index contributed by atoms with van der Waals surface area (Å²) in [7, 11) is -1.81. The first-order chi connectivity index (χ1) is 9.63. The molecule has 6 heteroatoms. The molecule has 0 aliphatic rings. The molecule has 1 aromatic rings. The van der Waals surface area contributed by atoms with Gasteiger partial charge in [-0.15, -0.1) is 0 Å². The summed E-state index contributed by atoms with van der Waals surface area (Å²) in [6.45, 7) is 4.17. The Labute approximate surface area is 120 Å². The summed E-state index contributed by atoms with van der Waals surface area (Å²) in [5, 5.41) is 0. The fourth-order valence-electron chi connectivity index (χ4n) is 1.49. The molecule has 0 fully saturated rings. The standard InChI is InChI=1S/C14H21O5P/c1-4-17-20(15,18-5-2)19-11-7-9-13-8-6-10-14(12-13)16-3/h6-10,12H,4-5,11H2,1-3H3/b9-7+. The lowest BCUT2D eigenvalue weighted by atomic mass is 10.2. The van der Waals surface area contributed by atoms with Crippen LogP contribution >= 0.6 is 7.82 Å². The van der Waals surface area contributed by atoms with E-state index in [9.17, 15) is 4.57 Å². The van der Waals surface area contributed by atoms with E-state index in [2.05, 4.69) is 0 Å². The third kappa shape index (κ3) is 5.88. The van der Waals surface area contributed by atoms with Crippen LogP contribution in [-0.4, -0.2) is 26.9 Å². The van der Waals surface area contributed by atoms with Gasteiger partial charge >= 0.3 is 7.82 Å². The second-order valence-corrected chi connectivity index (χ2v) is 5.43. The normalized spacial score (nSPS) is 11.9. The molecule has 0 aromatic heterocycles. The van der Waals surface area contributed by atoms with Crippen molar-refractivity contribution in [2.45, 2.75) is 13.8 Å². The van der Waals surface area contributed by atoms with Gasteiger partial charge in [0.2, 0.25) is 0 Å². The lowest BCUT2D eigenvalue weighted by Crippen LogP contribution is -2.00. The second kappa shape index (κ2) is 8.93. The SMILES string of the molecule is CCOP(=O)(OCC)OC/C=C/c1cccc(OC)c1. The maximum absolute atomic E-state index is 12.0. The predicted molar refractivity (Wildman–Crippen MR) is 78.8 cm³/mol. The first-order valence-corrected chi connectivity index (χ1v) is 7.94. The van der Waals surface area contributed by atoms with Crippen LogP contribution in [0.2, 0.25) is 0 Å². The highest BCUT2D eigenvalue weighted by Crippen LogP contribution is 2.49. The van der Waals surface area contributed by atoms with Crippen molar-refractivity contribution >= 4 is 13.9 Å². The Balaban J connectivity index is 2.53. The van der Waals surface area contributed by atoms with E-state index in [1.807, 2.05) is 30.3 Å². The Morgan fingerprint density at radius 1 is 1.15 bits per heavy atom. The zero-order valence-corrected chi connectivity index (χ0v) is 13.0. The summed E-state index contributed by atoms with van der Waals surface area (Å²) < 4.78 is 32.3. The molecule has 0 saturated carbocycles. The molecule has 0 unspecified atom stereocenters. The van der Waals surface area contributed by atoms with Crippen molar-refractivity contribution in [3.8, 4) is 5.75 Å². The largest absolute Gasteiger partial charge is 0.497 e. The van der Waals surface area contributed by atoms with Crippen molar-refractivity contribution in [3.63, 3.8) is 0 Å². The molecule has 0 radical (unpaired) electrons. The summed E-state index contributed by atoms with van der Waals surface area (Å²) in [5.41, 5.74) is 0.968. The Kier molecular flexibility index (Phi) is 7.55. The molecule has 1 rings (SSSR count). The predicted octanol–water partition coefficient (Wildman–Crippen LogP) is 3.91. The van der Waals surface area contributed by atoms with Crippen LogP contribution in [0.25, 0.3) is 6.08 Å². The molecule has 5 nitrogen and oxygen atoms in total. The quantitative estimate of drug-likeness (QED) is 0.647. The van der Waals surface area contributed by atoms with Crippen molar-refractivity contribution in [1.29, 1.82) is 0 Å². The Morgan fingerprint density at radius 2 is 1.85 bits per heavy atom. The number of hydrogen-bond donors (Lipinski definition) is 0. The van der Waals surface area contributed by atoms with E-state index in [1.54, 1.807) is 27.0 Å². The fourth-order valence-corrected chi connectivity index (χ4v) is 2.62. The van der Waals surface area contributed by atoms with Crippen molar-refractivity contribution in [2.24, 2.45) is 0 Å². The van der Waals surface area contributed by atoms with E-state index in [0.29, 0.717) is 0 Å². The van der Waals surface area contributed by atoms with Crippen molar-refractivity contribution in [3.05, 3.63) is 35.9 Å². The molecule has 20 heavy (non-hydrogen) atoms.